The molecule has 102 valence electrons. The van der Waals surface area contributed by atoms with Crippen LogP contribution in [-0.2, 0) is 0 Å². The molecule has 0 spiro atoms. The van der Waals surface area contributed by atoms with Crippen molar-refractivity contribution in [2.75, 3.05) is 18.0 Å². The number of hydrogen-bond acceptors (Lipinski definition) is 4. The van der Waals surface area contributed by atoms with Gasteiger partial charge in [-0.3, -0.25) is 0 Å². The van der Waals surface area contributed by atoms with E-state index >= 15 is 0 Å². The zero-order valence-electron chi connectivity index (χ0n) is 12.0. The van der Waals surface area contributed by atoms with Crippen LogP contribution in [0.1, 0.15) is 56.6 Å². The van der Waals surface area contributed by atoms with Crippen molar-refractivity contribution in [3.63, 3.8) is 0 Å². The SMILES string of the molecule is CCC1(CC)CCN(c2nc(C)c(C(C)N)s2)C1. The van der Waals surface area contributed by atoms with Crippen LogP contribution in [0.5, 0.6) is 0 Å². The number of nitrogens with two attached hydrogens (primary N) is 1. The number of hydrogen-bond donors (Lipinski definition) is 1. The number of aryl methyl sites for hydroxylation is 1. The number of aromatic nitrogens is 1. The van der Waals surface area contributed by atoms with Crippen LogP contribution in [0.3, 0.4) is 0 Å². The van der Waals surface area contributed by atoms with Crippen LogP contribution in [0, 0.1) is 12.3 Å². The Kier molecular flexibility index (Phi) is 3.97. The molecule has 1 atom stereocenters. The van der Waals surface area contributed by atoms with Crippen molar-refractivity contribution in [2.24, 2.45) is 11.1 Å². The topological polar surface area (TPSA) is 42.2 Å². The summed E-state index contributed by atoms with van der Waals surface area (Å²) in [5, 5.41) is 1.17. The Morgan fingerprint density at radius 2 is 2.11 bits per heavy atom. The molecule has 0 aromatic carbocycles. The van der Waals surface area contributed by atoms with Crippen LogP contribution in [0.25, 0.3) is 0 Å². The van der Waals surface area contributed by atoms with E-state index < -0.39 is 0 Å². The highest BCUT2D eigenvalue weighted by atomic mass is 32.1. The van der Waals surface area contributed by atoms with Crippen molar-refractivity contribution >= 4 is 16.5 Å². The lowest BCUT2D eigenvalue weighted by Gasteiger charge is -2.26. The molecule has 2 heterocycles. The molecule has 3 nitrogen and oxygen atoms in total. The summed E-state index contributed by atoms with van der Waals surface area (Å²) in [6.45, 7) is 11.0. The molecule has 0 saturated carbocycles. The molecule has 1 unspecified atom stereocenters. The molecule has 4 heteroatoms. The molecular weight excluding hydrogens is 242 g/mol. The van der Waals surface area contributed by atoms with Gasteiger partial charge < -0.3 is 10.6 Å². The smallest absolute Gasteiger partial charge is 0.185 e. The number of nitrogens with zero attached hydrogens (tertiary/aromatic N) is 2. The molecule has 2 N–H and O–H groups in total. The van der Waals surface area contributed by atoms with Crippen LogP contribution >= 0.6 is 11.3 Å². The maximum absolute atomic E-state index is 5.98. The van der Waals surface area contributed by atoms with Crippen LogP contribution in [-0.4, -0.2) is 18.1 Å². The third-order valence-corrected chi connectivity index (χ3v) is 5.86. The summed E-state index contributed by atoms with van der Waals surface area (Å²) in [5.41, 5.74) is 7.60. The van der Waals surface area contributed by atoms with Crippen LogP contribution < -0.4 is 10.6 Å². The summed E-state index contributed by atoms with van der Waals surface area (Å²) in [4.78, 5) is 8.40. The molecule has 0 aliphatic carbocycles. The van der Waals surface area contributed by atoms with Gasteiger partial charge in [-0.15, -0.1) is 11.3 Å². The maximum atomic E-state index is 5.98. The molecular formula is C14H25N3S. The fraction of sp³-hybridized carbons (Fsp3) is 0.786. The first-order valence-corrected chi connectivity index (χ1v) is 7.81. The molecule has 18 heavy (non-hydrogen) atoms. The summed E-state index contributed by atoms with van der Waals surface area (Å²) in [6, 6.07) is 0.0981. The van der Waals surface area contributed by atoms with Gasteiger partial charge in [0.15, 0.2) is 5.13 Å². The van der Waals surface area contributed by atoms with Crippen molar-refractivity contribution < 1.29 is 0 Å². The van der Waals surface area contributed by atoms with Crippen molar-refractivity contribution in [3.05, 3.63) is 10.6 Å². The van der Waals surface area contributed by atoms with Gasteiger partial charge in [0, 0.05) is 24.0 Å². The Balaban J connectivity index is 2.17. The largest absolute Gasteiger partial charge is 0.348 e. The monoisotopic (exact) mass is 267 g/mol. The molecule has 0 bridgehead atoms. The van der Waals surface area contributed by atoms with E-state index in [1.54, 1.807) is 11.3 Å². The summed E-state index contributed by atoms with van der Waals surface area (Å²) >= 11 is 1.78. The molecule has 1 saturated heterocycles. The first-order chi connectivity index (χ1) is 8.51. The standard InChI is InChI=1S/C14H25N3S/c1-5-14(6-2)7-8-17(9-14)13-16-11(4)12(18-13)10(3)15/h10H,5-9,15H2,1-4H3. The highest BCUT2D eigenvalue weighted by Crippen LogP contribution is 2.41. The molecule has 1 fully saturated rings. The Labute approximate surface area is 114 Å². The van der Waals surface area contributed by atoms with Gasteiger partial charge in [-0.25, -0.2) is 4.98 Å². The van der Waals surface area contributed by atoms with Gasteiger partial charge in [0.2, 0.25) is 0 Å². The van der Waals surface area contributed by atoms with E-state index in [-0.39, 0.29) is 6.04 Å². The van der Waals surface area contributed by atoms with E-state index in [9.17, 15) is 0 Å². The lowest BCUT2D eigenvalue weighted by molar-refractivity contribution is 0.301. The van der Waals surface area contributed by atoms with Gasteiger partial charge in [-0.1, -0.05) is 13.8 Å². The van der Waals surface area contributed by atoms with Gasteiger partial charge in [0.1, 0.15) is 0 Å². The lowest BCUT2D eigenvalue weighted by atomic mass is 9.82. The summed E-state index contributed by atoms with van der Waals surface area (Å²) in [6.07, 6.45) is 3.83. The van der Waals surface area contributed by atoms with Gasteiger partial charge in [0.05, 0.1) is 5.69 Å². The average Bonchev–Trinajstić information content (AvgIpc) is 2.93. The molecule has 1 aromatic heterocycles. The molecule has 2 rings (SSSR count). The maximum Gasteiger partial charge on any atom is 0.185 e. The van der Waals surface area contributed by atoms with Crippen molar-refractivity contribution in [1.82, 2.24) is 4.98 Å². The predicted molar refractivity (Wildman–Crippen MR) is 79.3 cm³/mol. The van der Waals surface area contributed by atoms with Crippen molar-refractivity contribution in [2.45, 2.75) is 53.0 Å². The zero-order chi connectivity index (χ0) is 13.3. The van der Waals surface area contributed by atoms with E-state index in [0.29, 0.717) is 5.41 Å². The Morgan fingerprint density at radius 1 is 1.44 bits per heavy atom. The van der Waals surface area contributed by atoms with Crippen molar-refractivity contribution in [3.8, 4) is 0 Å². The van der Waals surface area contributed by atoms with Gasteiger partial charge >= 0.3 is 0 Å². The van der Waals surface area contributed by atoms with E-state index in [2.05, 4.69) is 25.7 Å². The summed E-state index contributed by atoms with van der Waals surface area (Å²) in [7, 11) is 0. The number of thiazole rings is 1. The minimum absolute atomic E-state index is 0.0981. The minimum Gasteiger partial charge on any atom is -0.348 e. The zero-order valence-corrected chi connectivity index (χ0v) is 12.8. The minimum atomic E-state index is 0.0981. The number of anilines is 1. The third kappa shape index (κ3) is 2.41. The van der Waals surface area contributed by atoms with Crippen LogP contribution in [0.4, 0.5) is 5.13 Å². The van der Waals surface area contributed by atoms with E-state index in [4.69, 9.17) is 10.7 Å². The Morgan fingerprint density at radius 3 is 2.56 bits per heavy atom. The van der Waals surface area contributed by atoms with Gasteiger partial charge in [-0.2, -0.15) is 0 Å². The van der Waals surface area contributed by atoms with Crippen molar-refractivity contribution in [1.29, 1.82) is 0 Å². The second-order valence-electron chi connectivity index (χ2n) is 5.61. The van der Waals surface area contributed by atoms with E-state index in [1.165, 1.54) is 29.3 Å². The summed E-state index contributed by atoms with van der Waals surface area (Å²) < 4.78 is 0. The Hall–Kier alpha value is -0.610. The van der Waals surface area contributed by atoms with Crippen LogP contribution in [0.2, 0.25) is 0 Å². The average molecular weight is 267 g/mol. The Bertz CT molecular complexity index is 407. The summed E-state index contributed by atoms with van der Waals surface area (Å²) in [5.74, 6) is 0. The predicted octanol–water partition coefficient (Wildman–Crippen LogP) is 3.49. The quantitative estimate of drug-likeness (QED) is 0.908. The third-order valence-electron chi connectivity index (χ3n) is 4.44. The second kappa shape index (κ2) is 5.17. The highest BCUT2D eigenvalue weighted by molar-refractivity contribution is 7.15. The van der Waals surface area contributed by atoms with E-state index in [0.717, 1.165) is 18.8 Å². The molecule has 1 aromatic rings. The molecule has 0 radical (unpaired) electrons. The molecule has 1 aliphatic heterocycles. The number of rotatable bonds is 4. The van der Waals surface area contributed by atoms with Gasteiger partial charge in [-0.05, 0) is 38.5 Å². The first-order valence-electron chi connectivity index (χ1n) is 6.99. The lowest BCUT2D eigenvalue weighted by Crippen LogP contribution is -2.25. The van der Waals surface area contributed by atoms with Crippen LogP contribution in [0.15, 0.2) is 0 Å². The second-order valence-corrected chi connectivity index (χ2v) is 6.62. The highest BCUT2D eigenvalue weighted by Gasteiger charge is 2.36. The fourth-order valence-corrected chi connectivity index (χ4v) is 3.92. The molecule has 0 amide bonds. The molecule has 1 aliphatic rings. The fourth-order valence-electron chi connectivity index (χ4n) is 2.88. The van der Waals surface area contributed by atoms with Gasteiger partial charge in [0.25, 0.3) is 0 Å². The van der Waals surface area contributed by atoms with E-state index in [1.807, 2.05) is 6.92 Å². The normalized spacial score (nSPS) is 20.4. The first kappa shape index (κ1) is 13.8.